The van der Waals surface area contributed by atoms with Gasteiger partial charge in [0.2, 0.25) is 0 Å². The number of carbonyl (C=O) groups excluding carboxylic acids is 1. The number of ketones is 1. The molecule has 3 nitrogen and oxygen atoms in total. The lowest BCUT2D eigenvalue weighted by molar-refractivity contribution is 0.0867. The van der Waals surface area contributed by atoms with Gasteiger partial charge in [-0.05, 0) is 26.5 Å². The van der Waals surface area contributed by atoms with Crippen molar-refractivity contribution in [2.45, 2.75) is 20.8 Å². The number of nitrogens with zero attached hydrogens (tertiary/aromatic N) is 1. The van der Waals surface area contributed by atoms with Crippen LogP contribution in [0.1, 0.15) is 29.8 Å². The molecule has 1 rings (SSSR count). The number of carbonyl (C=O) groups is 1. The summed E-state index contributed by atoms with van der Waals surface area (Å²) in [6.45, 7) is 9.60. The molecular formula is C15H23NO2. The summed E-state index contributed by atoms with van der Waals surface area (Å²) in [5, 5.41) is 0. The summed E-state index contributed by atoms with van der Waals surface area (Å²) in [7, 11) is 0. The molecule has 1 aromatic rings. The standard InChI is InChI=1S/C15H23NO2/c1-4-16(9-10-18-5-2)12-15(17)14-8-6-7-13(3)11-14/h6-8,11H,4-5,9-10,12H2,1-3H3. The van der Waals surface area contributed by atoms with Gasteiger partial charge in [0.15, 0.2) is 5.78 Å². The van der Waals surface area contributed by atoms with Crippen LogP contribution in [-0.2, 0) is 4.74 Å². The molecule has 3 heteroatoms. The average molecular weight is 249 g/mol. The fourth-order valence-electron chi connectivity index (χ4n) is 1.80. The number of likely N-dealkylation sites (N-methyl/N-ethyl adjacent to an activating group) is 1. The minimum Gasteiger partial charge on any atom is -0.380 e. The summed E-state index contributed by atoms with van der Waals surface area (Å²) in [6, 6.07) is 7.76. The van der Waals surface area contributed by atoms with Gasteiger partial charge in [-0.3, -0.25) is 9.69 Å². The highest BCUT2D eigenvalue weighted by molar-refractivity contribution is 5.97. The van der Waals surface area contributed by atoms with Crippen LogP contribution in [-0.4, -0.2) is 43.5 Å². The zero-order chi connectivity index (χ0) is 13.4. The van der Waals surface area contributed by atoms with E-state index in [0.29, 0.717) is 13.2 Å². The maximum absolute atomic E-state index is 12.1. The van der Waals surface area contributed by atoms with Crippen LogP contribution >= 0.6 is 0 Å². The molecule has 0 bridgehead atoms. The smallest absolute Gasteiger partial charge is 0.176 e. The highest BCUT2D eigenvalue weighted by Gasteiger charge is 2.11. The van der Waals surface area contributed by atoms with Gasteiger partial charge in [0.25, 0.3) is 0 Å². The normalized spacial score (nSPS) is 10.9. The number of hydrogen-bond acceptors (Lipinski definition) is 3. The molecular weight excluding hydrogens is 226 g/mol. The van der Waals surface area contributed by atoms with E-state index < -0.39 is 0 Å². The first kappa shape index (κ1) is 14.9. The van der Waals surface area contributed by atoms with Gasteiger partial charge in [0, 0.05) is 18.7 Å². The molecule has 100 valence electrons. The summed E-state index contributed by atoms with van der Waals surface area (Å²) in [5.74, 6) is 0.178. The van der Waals surface area contributed by atoms with E-state index in [4.69, 9.17) is 4.74 Å². The van der Waals surface area contributed by atoms with Crippen molar-refractivity contribution in [2.75, 3.05) is 32.8 Å². The molecule has 0 N–H and O–H groups in total. The lowest BCUT2D eigenvalue weighted by atomic mass is 10.1. The molecule has 0 saturated carbocycles. The van der Waals surface area contributed by atoms with E-state index in [1.807, 2.05) is 38.1 Å². The van der Waals surface area contributed by atoms with E-state index in [0.717, 1.165) is 30.8 Å². The summed E-state index contributed by atoms with van der Waals surface area (Å²) >= 11 is 0. The van der Waals surface area contributed by atoms with E-state index in [2.05, 4.69) is 11.8 Å². The molecule has 18 heavy (non-hydrogen) atoms. The average Bonchev–Trinajstić information content (AvgIpc) is 2.37. The topological polar surface area (TPSA) is 29.5 Å². The second-order valence-corrected chi connectivity index (χ2v) is 4.36. The fourth-order valence-corrected chi connectivity index (χ4v) is 1.80. The van der Waals surface area contributed by atoms with Gasteiger partial charge in [-0.1, -0.05) is 30.7 Å². The Bertz CT molecular complexity index is 377. The van der Waals surface area contributed by atoms with Crippen LogP contribution in [0.2, 0.25) is 0 Å². The first-order valence-electron chi connectivity index (χ1n) is 6.57. The molecule has 0 aliphatic rings. The van der Waals surface area contributed by atoms with Crippen molar-refractivity contribution < 1.29 is 9.53 Å². The van der Waals surface area contributed by atoms with Crippen LogP contribution in [0.3, 0.4) is 0 Å². The number of rotatable bonds is 8. The van der Waals surface area contributed by atoms with Crippen LogP contribution < -0.4 is 0 Å². The number of aryl methyl sites for hydroxylation is 1. The molecule has 0 unspecified atom stereocenters. The summed E-state index contributed by atoms with van der Waals surface area (Å²) < 4.78 is 5.32. The number of Topliss-reactive ketones (excluding diaryl/α,β-unsaturated/α-hetero) is 1. The SMILES string of the molecule is CCOCCN(CC)CC(=O)c1cccc(C)c1. The molecule has 1 aromatic carbocycles. The maximum atomic E-state index is 12.1. The van der Waals surface area contributed by atoms with E-state index >= 15 is 0 Å². The molecule has 0 saturated heterocycles. The molecule has 0 aliphatic heterocycles. The third kappa shape index (κ3) is 4.98. The Morgan fingerprint density at radius 3 is 2.72 bits per heavy atom. The monoisotopic (exact) mass is 249 g/mol. The Morgan fingerprint density at radius 1 is 1.33 bits per heavy atom. The number of hydrogen-bond donors (Lipinski definition) is 0. The van der Waals surface area contributed by atoms with Gasteiger partial charge in [0.1, 0.15) is 0 Å². The van der Waals surface area contributed by atoms with Crippen LogP contribution in [0.25, 0.3) is 0 Å². The Kier molecular flexibility index (Phi) is 6.61. The Labute approximate surface area is 110 Å². The molecule has 0 aromatic heterocycles. The van der Waals surface area contributed by atoms with Crippen LogP contribution in [0, 0.1) is 6.92 Å². The highest BCUT2D eigenvalue weighted by Crippen LogP contribution is 2.06. The Balaban J connectivity index is 2.51. The van der Waals surface area contributed by atoms with E-state index in [9.17, 15) is 4.79 Å². The number of ether oxygens (including phenoxy) is 1. The van der Waals surface area contributed by atoms with E-state index in [1.165, 1.54) is 0 Å². The second kappa shape index (κ2) is 8.01. The Morgan fingerprint density at radius 2 is 2.11 bits per heavy atom. The molecule has 0 fully saturated rings. The fraction of sp³-hybridized carbons (Fsp3) is 0.533. The van der Waals surface area contributed by atoms with Gasteiger partial charge in [-0.2, -0.15) is 0 Å². The van der Waals surface area contributed by atoms with Gasteiger partial charge < -0.3 is 4.74 Å². The molecule has 0 spiro atoms. The lowest BCUT2D eigenvalue weighted by Crippen LogP contribution is -2.32. The predicted molar refractivity (Wildman–Crippen MR) is 74.1 cm³/mol. The van der Waals surface area contributed by atoms with Crippen LogP contribution in [0.15, 0.2) is 24.3 Å². The van der Waals surface area contributed by atoms with Crippen molar-refractivity contribution in [3.63, 3.8) is 0 Å². The zero-order valence-electron chi connectivity index (χ0n) is 11.6. The predicted octanol–water partition coefficient (Wildman–Crippen LogP) is 2.54. The van der Waals surface area contributed by atoms with Crippen molar-refractivity contribution in [1.82, 2.24) is 4.90 Å². The van der Waals surface area contributed by atoms with Crippen molar-refractivity contribution in [2.24, 2.45) is 0 Å². The zero-order valence-corrected chi connectivity index (χ0v) is 11.6. The third-order valence-corrected chi connectivity index (χ3v) is 2.91. The van der Waals surface area contributed by atoms with Gasteiger partial charge >= 0.3 is 0 Å². The molecule has 0 radical (unpaired) electrons. The molecule has 0 amide bonds. The van der Waals surface area contributed by atoms with Crippen LogP contribution in [0.5, 0.6) is 0 Å². The minimum atomic E-state index is 0.178. The second-order valence-electron chi connectivity index (χ2n) is 4.36. The summed E-state index contributed by atoms with van der Waals surface area (Å²) in [4.78, 5) is 14.2. The van der Waals surface area contributed by atoms with Crippen molar-refractivity contribution in [3.8, 4) is 0 Å². The quantitative estimate of drug-likeness (QED) is 0.524. The van der Waals surface area contributed by atoms with Gasteiger partial charge in [-0.25, -0.2) is 0 Å². The molecule has 0 atom stereocenters. The minimum absolute atomic E-state index is 0.178. The maximum Gasteiger partial charge on any atom is 0.176 e. The van der Waals surface area contributed by atoms with E-state index in [-0.39, 0.29) is 5.78 Å². The molecule has 0 aliphatic carbocycles. The van der Waals surface area contributed by atoms with Crippen molar-refractivity contribution in [1.29, 1.82) is 0 Å². The highest BCUT2D eigenvalue weighted by atomic mass is 16.5. The summed E-state index contributed by atoms with van der Waals surface area (Å²) in [5.41, 5.74) is 1.92. The largest absolute Gasteiger partial charge is 0.380 e. The molecule has 0 heterocycles. The Hall–Kier alpha value is -1.19. The summed E-state index contributed by atoms with van der Waals surface area (Å²) in [6.07, 6.45) is 0. The third-order valence-electron chi connectivity index (χ3n) is 2.91. The van der Waals surface area contributed by atoms with Gasteiger partial charge in [-0.15, -0.1) is 0 Å². The van der Waals surface area contributed by atoms with Crippen LogP contribution in [0.4, 0.5) is 0 Å². The van der Waals surface area contributed by atoms with Crippen molar-refractivity contribution >= 4 is 5.78 Å². The van der Waals surface area contributed by atoms with Crippen molar-refractivity contribution in [3.05, 3.63) is 35.4 Å². The van der Waals surface area contributed by atoms with Gasteiger partial charge in [0.05, 0.1) is 13.2 Å². The number of benzene rings is 1. The lowest BCUT2D eigenvalue weighted by Gasteiger charge is -2.19. The first-order chi connectivity index (χ1) is 8.67. The van der Waals surface area contributed by atoms with E-state index in [1.54, 1.807) is 0 Å². The first-order valence-corrected chi connectivity index (χ1v) is 6.57.